The third-order valence-corrected chi connectivity index (χ3v) is 5.53. The molecule has 0 bridgehead atoms. The molecule has 0 aromatic heterocycles. The molecule has 0 spiro atoms. The predicted molar refractivity (Wildman–Crippen MR) is 119 cm³/mol. The Morgan fingerprint density at radius 3 is 2.70 bits per heavy atom. The fraction of sp³-hybridized carbons (Fsp3) is 0.650. The van der Waals surface area contributed by atoms with Crippen molar-refractivity contribution in [2.45, 2.75) is 31.7 Å². The van der Waals surface area contributed by atoms with Gasteiger partial charge in [0.2, 0.25) is 0 Å². The van der Waals surface area contributed by atoms with Crippen molar-refractivity contribution in [2.24, 2.45) is 4.99 Å². The highest BCUT2D eigenvalue weighted by Crippen LogP contribution is 2.23. The number of guanidine groups is 1. The largest absolute Gasteiger partial charge is 0.379 e. The van der Waals surface area contributed by atoms with E-state index in [-0.39, 0.29) is 35.2 Å². The molecule has 3 rings (SSSR count). The minimum absolute atomic E-state index is 0. The Balaban J connectivity index is 0.00000261. The summed E-state index contributed by atoms with van der Waals surface area (Å²) in [7, 11) is 1.83. The van der Waals surface area contributed by atoms with Crippen molar-refractivity contribution >= 4 is 29.9 Å². The van der Waals surface area contributed by atoms with Crippen LogP contribution in [0.3, 0.4) is 0 Å². The van der Waals surface area contributed by atoms with E-state index in [4.69, 9.17) is 4.74 Å². The molecular weight excluding hydrogens is 458 g/mol. The van der Waals surface area contributed by atoms with Gasteiger partial charge in [0.05, 0.1) is 13.2 Å². The summed E-state index contributed by atoms with van der Waals surface area (Å²) < 4.78 is 19.0. The Morgan fingerprint density at radius 1 is 1.30 bits per heavy atom. The van der Waals surface area contributed by atoms with Gasteiger partial charge in [-0.3, -0.25) is 9.89 Å². The van der Waals surface area contributed by atoms with E-state index in [0.29, 0.717) is 12.6 Å². The summed E-state index contributed by atoms with van der Waals surface area (Å²) in [5, 5.41) is 3.50. The minimum Gasteiger partial charge on any atom is -0.379 e. The van der Waals surface area contributed by atoms with Crippen LogP contribution >= 0.6 is 24.0 Å². The standard InChI is InChI=1S/C20H31FN4O.HI/c1-20(2,16-5-4-6-17(21)13-16)15-23-19(22-3)25-8-7-18(14-25)24-9-11-26-12-10-24;/h4-6,13,18H,7-12,14-15H2,1-3H3,(H,22,23);1H. The molecule has 2 fully saturated rings. The third kappa shape index (κ3) is 5.77. The van der Waals surface area contributed by atoms with Crippen LogP contribution in [0.5, 0.6) is 0 Å². The maximum Gasteiger partial charge on any atom is 0.193 e. The summed E-state index contributed by atoms with van der Waals surface area (Å²) in [5.74, 6) is 0.748. The number of ether oxygens (including phenoxy) is 1. The molecule has 0 amide bonds. The van der Waals surface area contributed by atoms with Gasteiger partial charge in [-0.25, -0.2) is 4.39 Å². The van der Waals surface area contributed by atoms with Crippen molar-refractivity contribution in [2.75, 3.05) is 53.0 Å². The second kappa shape index (κ2) is 10.0. The third-order valence-electron chi connectivity index (χ3n) is 5.53. The van der Waals surface area contributed by atoms with Crippen LogP contribution in [0.2, 0.25) is 0 Å². The molecule has 27 heavy (non-hydrogen) atoms. The lowest BCUT2D eigenvalue weighted by Gasteiger charge is -2.33. The molecule has 7 heteroatoms. The first-order valence-corrected chi connectivity index (χ1v) is 9.53. The van der Waals surface area contributed by atoms with Crippen LogP contribution in [0.4, 0.5) is 4.39 Å². The molecule has 152 valence electrons. The summed E-state index contributed by atoms with van der Waals surface area (Å²) in [6.07, 6.45) is 1.16. The summed E-state index contributed by atoms with van der Waals surface area (Å²) in [4.78, 5) is 9.35. The van der Waals surface area contributed by atoms with E-state index in [1.807, 2.05) is 13.1 Å². The van der Waals surface area contributed by atoms with Gasteiger partial charge in [-0.15, -0.1) is 24.0 Å². The molecule has 0 aliphatic carbocycles. The van der Waals surface area contributed by atoms with Crippen LogP contribution < -0.4 is 5.32 Å². The van der Waals surface area contributed by atoms with Gasteiger partial charge >= 0.3 is 0 Å². The maximum atomic E-state index is 13.6. The summed E-state index contributed by atoms with van der Waals surface area (Å²) in [6, 6.07) is 7.44. The van der Waals surface area contributed by atoms with Crippen molar-refractivity contribution in [3.63, 3.8) is 0 Å². The van der Waals surface area contributed by atoms with Crippen molar-refractivity contribution < 1.29 is 9.13 Å². The van der Waals surface area contributed by atoms with Crippen LogP contribution in [-0.2, 0) is 10.2 Å². The number of rotatable bonds is 4. The van der Waals surface area contributed by atoms with E-state index in [1.165, 1.54) is 6.07 Å². The molecule has 1 atom stereocenters. The Morgan fingerprint density at radius 2 is 2.04 bits per heavy atom. The number of nitrogens with zero attached hydrogens (tertiary/aromatic N) is 3. The second-order valence-electron chi connectivity index (χ2n) is 7.83. The highest BCUT2D eigenvalue weighted by molar-refractivity contribution is 14.0. The lowest BCUT2D eigenvalue weighted by Crippen LogP contribution is -2.48. The number of likely N-dealkylation sites (tertiary alicyclic amines) is 1. The van der Waals surface area contributed by atoms with Crippen molar-refractivity contribution in [1.82, 2.24) is 15.1 Å². The molecule has 2 heterocycles. The number of nitrogens with one attached hydrogen (secondary N) is 1. The molecule has 1 unspecified atom stereocenters. The van der Waals surface area contributed by atoms with E-state index < -0.39 is 0 Å². The lowest BCUT2D eigenvalue weighted by atomic mass is 9.84. The molecule has 1 aromatic carbocycles. The number of benzene rings is 1. The van der Waals surface area contributed by atoms with Gasteiger partial charge < -0.3 is 15.0 Å². The summed E-state index contributed by atoms with van der Waals surface area (Å²) >= 11 is 0. The van der Waals surface area contributed by atoms with E-state index in [1.54, 1.807) is 12.1 Å². The maximum absolute atomic E-state index is 13.6. The van der Waals surface area contributed by atoms with E-state index in [2.05, 4.69) is 34.0 Å². The number of morpholine rings is 1. The van der Waals surface area contributed by atoms with E-state index >= 15 is 0 Å². The zero-order chi connectivity index (χ0) is 18.6. The van der Waals surface area contributed by atoms with Gasteiger partial charge in [-0.05, 0) is 24.1 Å². The lowest BCUT2D eigenvalue weighted by molar-refractivity contribution is 0.0195. The number of aliphatic imine (C=N–C) groups is 1. The first-order chi connectivity index (χ1) is 12.5. The normalized spacial score (nSPS) is 21.9. The number of halogens is 2. The molecule has 0 saturated carbocycles. The highest BCUT2D eigenvalue weighted by Gasteiger charge is 2.31. The highest BCUT2D eigenvalue weighted by atomic mass is 127. The molecule has 1 aromatic rings. The van der Waals surface area contributed by atoms with Crippen LogP contribution in [0, 0.1) is 5.82 Å². The molecular formula is C20H32FIN4O. The first-order valence-electron chi connectivity index (χ1n) is 9.53. The van der Waals surface area contributed by atoms with Crippen LogP contribution in [0.25, 0.3) is 0 Å². The predicted octanol–water partition coefficient (Wildman–Crippen LogP) is 2.70. The smallest absolute Gasteiger partial charge is 0.193 e. The fourth-order valence-electron chi connectivity index (χ4n) is 3.82. The minimum atomic E-state index is -0.187. The van der Waals surface area contributed by atoms with Gasteiger partial charge in [-0.2, -0.15) is 0 Å². The van der Waals surface area contributed by atoms with Gasteiger partial charge in [0.15, 0.2) is 5.96 Å². The average molecular weight is 490 g/mol. The molecule has 2 aliphatic rings. The van der Waals surface area contributed by atoms with Gasteiger partial charge in [0, 0.05) is 51.2 Å². The molecule has 0 radical (unpaired) electrons. The molecule has 2 aliphatic heterocycles. The van der Waals surface area contributed by atoms with Crippen LogP contribution in [-0.4, -0.2) is 74.8 Å². The van der Waals surface area contributed by atoms with Crippen LogP contribution in [0.15, 0.2) is 29.3 Å². The van der Waals surface area contributed by atoms with Gasteiger partial charge in [-0.1, -0.05) is 26.0 Å². The fourth-order valence-corrected chi connectivity index (χ4v) is 3.82. The zero-order valence-corrected chi connectivity index (χ0v) is 18.9. The second-order valence-corrected chi connectivity index (χ2v) is 7.83. The van der Waals surface area contributed by atoms with Crippen LogP contribution in [0.1, 0.15) is 25.8 Å². The van der Waals surface area contributed by atoms with Crippen molar-refractivity contribution in [3.05, 3.63) is 35.6 Å². The molecule has 1 N–H and O–H groups in total. The molecule has 5 nitrogen and oxygen atoms in total. The van der Waals surface area contributed by atoms with Crippen molar-refractivity contribution in [3.8, 4) is 0 Å². The van der Waals surface area contributed by atoms with Crippen molar-refractivity contribution in [1.29, 1.82) is 0 Å². The quantitative estimate of drug-likeness (QED) is 0.401. The summed E-state index contributed by atoms with van der Waals surface area (Å²) in [6.45, 7) is 10.7. The Bertz CT molecular complexity index is 634. The summed E-state index contributed by atoms with van der Waals surface area (Å²) in [5.41, 5.74) is 0.814. The zero-order valence-electron chi connectivity index (χ0n) is 16.6. The topological polar surface area (TPSA) is 40.1 Å². The van der Waals surface area contributed by atoms with Gasteiger partial charge in [0.1, 0.15) is 5.82 Å². The SMILES string of the molecule is CN=C(NCC(C)(C)c1cccc(F)c1)N1CCC(N2CCOCC2)C1.I. The van der Waals surface area contributed by atoms with E-state index in [9.17, 15) is 4.39 Å². The first kappa shape index (κ1) is 22.4. The molecule has 2 saturated heterocycles. The Kier molecular flexibility index (Phi) is 8.30. The Labute approximate surface area is 179 Å². The monoisotopic (exact) mass is 490 g/mol. The average Bonchev–Trinajstić information content (AvgIpc) is 3.13. The van der Waals surface area contributed by atoms with E-state index in [0.717, 1.165) is 57.3 Å². The van der Waals surface area contributed by atoms with Gasteiger partial charge in [0.25, 0.3) is 0 Å². The Hall–Kier alpha value is -0.930. The number of hydrogen-bond donors (Lipinski definition) is 1. The number of hydrogen-bond acceptors (Lipinski definition) is 3.